The van der Waals surface area contributed by atoms with E-state index < -0.39 is 11.9 Å². The summed E-state index contributed by atoms with van der Waals surface area (Å²) in [5.74, 6) is -1.24. The van der Waals surface area contributed by atoms with Crippen LogP contribution in [0.4, 0.5) is 0 Å². The molecule has 0 heterocycles. The molecule has 16 heavy (non-hydrogen) atoms. The average molecular weight is 221 g/mol. The maximum Gasteiger partial charge on any atom is 0.328 e. The van der Waals surface area contributed by atoms with Gasteiger partial charge in [-0.25, -0.2) is 4.79 Å². The van der Waals surface area contributed by atoms with Crippen LogP contribution in [-0.2, 0) is 4.79 Å². The molecule has 1 aromatic rings. The molecule has 5 heteroatoms. The van der Waals surface area contributed by atoms with Crippen molar-refractivity contribution < 1.29 is 19.4 Å². The van der Waals surface area contributed by atoms with E-state index in [4.69, 9.17) is 15.6 Å². The molecule has 1 amide bonds. The second-order valence-electron chi connectivity index (χ2n) is 2.99. The van der Waals surface area contributed by atoms with Crippen LogP contribution in [0.5, 0.6) is 5.75 Å². The summed E-state index contributed by atoms with van der Waals surface area (Å²) in [6.07, 6.45) is 2.25. The Morgan fingerprint density at radius 1 is 1.44 bits per heavy atom. The SMILES string of the molecule is COc1ccc(C=CC(=O)O)c(C(N)=O)c1. The summed E-state index contributed by atoms with van der Waals surface area (Å²) >= 11 is 0. The van der Waals surface area contributed by atoms with Crippen LogP contribution in [0.1, 0.15) is 15.9 Å². The van der Waals surface area contributed by atoms with E-state index in [1.54, 1.807) is 12.1 Å². The first-order chi connectivity index (χ1) is 7.54. The zero-order valence-electron chi connectivity index (χ0n) is 8.64. The molecular weight excluding hydrogens is 210 g/mol. The molecule has 0 spiro atoms. The van der Waals surface area contributed by atoms with E-state index in [1.807, 2.05) is 0 Å². The standard InChI is InChI=1S/C11H11NO4/c1-16-8-4-2-7(3-5-10(13)14)9(6-8)11(12)15/h2-6H,1H3,(H2,12,15)(H,13,14). The topological polar surface area (TPSA) is 89.6 Å². The lowest BCUT2D eigenvalue weighted by atomic mass is 10.1. The Morgan fingerprint density at radius 3 is 2.62 bits per heavy atom. The third-order valence-corrected chi connectivity index (χ3v) is 1.93. The number of carboxylic acid groups (broad SMARTS) is 1. The molecule has 0 bridgehead atoms. The number of rotatable bonds is 4. The van der Waals surface area contributed by atoms with Crippen LogP contribution in [0, 0.1) is 0 Å². The number of hydrogen-bond acceptors (Lipinski definition) is 3. The summed E-state index contributed by atoms with van der Waals surface area (Å²) in [4.78, 5) is 21.5. The first kappa shape index (κ1) is 11.8. The predicted molar refractivity (Wildman–Crippen MR) is 58.2 cm³/mol. The zero-order valence-corrected chi connectivity index (χ0v) is 8.64. The van der Waals surface area contributed by atoms with Crippen molar-refractivity contribution in [1.82, 2.24) is 0 Å². The van der Waals surface area contributed by atoms with Crippen molar-refractivity contribution in [1.29, 1.82) is 0 Å². The molecule has 0 aliphatic heterocycles. The fourth-order valence-corrected chi connectivity index (χ4v) is 1.18. The van der Waals surface area contributed by atoms with Gasteiger partial charge in [-0.1, -0.05) is 6.07 Å². The van der Waals surface area contributed by atoms with Crippen molar-refractivity contribution in [3.63, 3.8) is 0 Å². The van der Waals surface area contributed by atoms with Gasteiger partial charge in [-0.05, 0) is 23.8 Å². The number of primary amides is 1. The maximum absolute atomic E-state index is 11.1. The summed E-state index contributed by atoms with van der Waals surface area (Å²) in [6.45, 7) is 0. The maximum atomic E-state index is 11.1. The van der Waals surface area contributed by atoms with E-state index in [2.05, 4.69) is 0 Å². The molecule has 0 saturated heterocycles. The minimum absolute atomic E-state index is 0.219. The molecule has 0 aliphatic carbocycles. The van der Waals surface area contributed by atoms with Crippen molar-refractivity contribution in [2.45, 2.75) is 0 Å². The number of methoxy groups -OCH3 is 1. The molecule has 5 nitrogen and oxygen atoms in total. The molecular formula is C11H11NO4. The van der Waals surface area contributed by atoms with Gasteiger partial charge >= 0.3 is 5.97 Å². The lowest BCUT2D eigenvalue weighted by molar-refractivity contribution is -0.131. The van der Waals surface area contributed by atoms with Crippen LogP contribution < -0.4 is 10.5 Å². The van der Waals surface area contributed by atoms with Crippen LogP contribution in [0.25, 0.3) is 6.08 Å². The van der Waals surface area contributed by atoms with Crippen LogP contribution in [0.3, 0.4) is 0 Å². The monoisotopic (exact) mass is 221 g/mol. The Hall–Kier alpha value is -2.30. The van der Waals surface area contributed by atoms with Gasteiger partial charge in [0.1, 0.15) is 5.75 Å². The first-order valence-corrected chi connectivity index (χ1v) is 4.43. The quantitative estimate of drug-likeness (QED) is 0.739. The highest BCUT2D eigenvalue weighted by atomic mass is 16.5. The fourth-order valence-electron chi connectivity index (χ4n) is 1.18. The van der Waals surface area contributed by atoms with Crippen molar-refractivity contribution in [2.75, 3.05) is 7.11 Å². The Labute approximate surface area is 92.1 Å². The highest BCUT2D eigenvalue weighted by molar-refractivity contribution is 5.98. The van der Waals surface area contributed by atoms with E-state index >= 15 is 0 Å². The van der Waals surface area contributed by atoms with Crippen LogP contribution in [-0.4, -0.2) is 24.1 Å². The molecule has 3 N–H and O–H groups in total. The second-order valence-corrected chi connectivity index (χ2v) is 2.99. The van der Waals surface area contributed by atoms with Crippen molar-refractivity contribution >= 4 is 18.0 Å². The number of carbonyl (C=O) groups excluding carboxylic acids is 1. The minimum atomic E-state index is -1.09. The van der Waals surface area contributed by atoms with Crippen LogP contribution >= 0.6 is 0 Å². The van der Waals surface area contributed by atoms with Gasteiger partial charge in [0.15, 0.2) is 0 Å². The number of carbonyl (C=O) groups is 2. The highest BCUT2D eigenvalue weighted by Gasteiger charge is 2.07. The van der Waals surface area contributed by atoms with E-state index in [-0.39, 0.29) is 5.56 Å². The summed E-state index contributed by atoms with van der Waals surface area (Å²) in [6, 6.07) is 4.65. The molecule has 0 aromatic heterocycles. The van der Waals surface area contributed by atoms with Crippen molar-refractivity contribution in [3.05, 3.63) is 35.4 Å². The van der Waals surface area contributed by atoms with Crippen LogP contribution in [0.15, 0.2) is 24.3 Å². The molecule has 1 aromatic carbocycles. The third kappa shape index (κ3) is 2.84. The second kappa shape index (κ2) is 4.97. The first-order valence-electron chi connectivity index (χ1n) is 4.43. The Balaban J connectivity index is 3.18. The number of carboxylic acids is 1. The largest absolute Gasteiger partial charge is 0.497 e. The van der Waals surface area contributed by atoms with Gasteiger partial charge in [-0.15, -0.1) is 0 Å². The van der Waals surface area contributed by atoms with Crippen LogP contribution in [0.2, 0.25) is 0 Å². The summed E-state index contributed by atoms with van der Waals surface area (Å²) < 4.78 is 4.94. The summed E-state index contributed by atoms with van der Waals surface area (Å²) in [7, 11) is 1.47. The molecule has 84 valence electrons. The molecule has 0 fully saturated rings. The van der Waals surface area contributed by atoms with Gasteiger partial charge in [-0.3, -0.25) is 4.79 Å². The lowest BCUT2D eigenvalue weighted by Gasteiger charge is -2.05. The molecule has 0 radical (unpaired) electrons. The number of hydrogen-bond donors (Lipinski definition) is 2. The molecule has 0 unspecified atom stereocenters. The number of aliphatic carboxylic acids is 1. The number of benzene rings is 1. The Bertz CT molecular complexity index is 451. The van der Waals surface area contributed by atoms with Gasteiger partial charge in [-0.2, -0.15) is 0 Å². The van der Waals surface area contributed by atoms with Gasteiger partial charge in [0.2, 0.25) is 5.91 Å². The van der Waals surface area contributed by atoms with E-state index in [0.717, 1.165) is 6.08 Å². The molecule has 0 saturated carbocycles. The third-order valence-electron chi connectivity index (χ3n) is 1.93. The number of nitrogens with two attached hydrogens (primary N) is 1. The summed E-state index contributed by atoms with van der Waals surface area (Å²) in [5.41, 5.74) is 5.83. The normalized spacial score (nSPS) is 10.3. The van der Waals surface area contributed by atoms with Crippen molar-refractivity contribution in [2.24, 2.45) is 5.73 Å². The average Bonchev–Trinajstić information content (AvgIpc) is 2.25. The van der Waals surface area contributed by atoms with Gasteiger partial charge in [0.05, 0.1) is 7.11 Å². The van der Waals surface area contributed by atoms with E-state index in [0.29, 0.717) is 11.3 Å². The van der Waals surface area contributed by atoms with Gasteiger partial charge in [0, 0.05) is 11.6 Å². The number of amides is 1. The molecule has 1 rings (SSSR count). The predicted octanol–water partition coefficient (Wildman–Crippen LogP) is 0.892. The van der Waals surface area contributed by atoms with Gasteiger partial charge in [0.25, 0.3) is 0 Å². The summed E-state index contributed by atoms with van der Waals surface area (Å²) in [5, 5.41) is 8.48. The highest BCUT2D eigenvalue weighted by Crippen LogP contribution is 2.18. The molecule has 0 aliphatic rings. The van der Waals surface area contributed by atoms with Gasteiger partial charge < -0.3 is 15.6 Å². The Kier molecular flexibility index (Phi) is 3.66. The molecule has 0 atom stereocenters. The van der Waals surface area contributed by atoms with E-state index in [9.17, 15) is 9.59 Å². The number of ether oxygens (including phenoxy) is 1. The smallest absolute Gasteiger partial charge is 0.328 e. The van der Waals surface area contributed by atoms with Crippen molar-refractivity contribution in [3.8, 4) is 5.75 Å². The Morgan fingerprint density at radius 2 is 2.12 bits per heavy atom. The zero-order chi connectivity index (χ0) is 12.1. The minimum Gasteiger partial charge on any atom is -0.497 e. The fraction of sp³-hybridized carbons (Fsp3) is 0.0909. The van der Waals surface area contributed by atoms with E-state index in [1.165, 1.54) is 19.3 Å². The lowest BCUT2D eigenvalue weighted by Crippen LogP contribution is -2.12.